The monoisotopic (exact) mass is 332 g/mol. The third kappa shape index (κ3) is 3.59. The van der Waals surface area contributed by atoms with Gasteiger partial charge in [-0.1, -0.05) is 31.5 Å². The first kappa shape index (κ1) is 18.4. The van der Waals surface area contributed by atoms with E-state index in [0.29, 0.717) is 24.4 Å². The minimum atomic E-state index is -3.43. The Balaban J connectivity index is 0.00000220. The number of hydrogen-bond acceptors (Lipinski definition) is 3. The molecule has 0 aliphatic carbocycles. The Morgan fingerprint density at radius 1 is 1.29 bits per heavy atom. The van der Waals surface area contributed by atoms with Crippen molar-refractivity contribution in [3.05, 3.63) is 29.3 Å². The molecule has 6 heteroatoms. The summed E-state index contributed by atoms with van der Waals surface area (Å²) >= 11 is 0. The zero-order valence-corrected chi connectivity index (χ0v) is 14.7. The van der Waals surface area contributed by atoms with E-state index in [9.17, 15) is 8.42 Å². The number of aryl methyl sites for hydroxylation is 2. The summed E-state index contributed by atoms with van der Waals surface area (Å²) in [6.07, 6.45) is 0.705. The Morgan fingerprint density at radius 3 is 2.43 bits per heavy atom. The normalized spacial score (nSPS) is 22.6. The number of nitrogens with zero attached hydrogens (tertiary/aromatic N) is 1. The molecule has 0 radical (unpaired) electrons. The summed E-state index contributed by atoms with van der Waals surface area (Å²) in [7, 11) is -3.43. The fourth-order valence-electron chi connectivity index (χ4n) is 2.76. The molecular formula is C15H25ClN2O2S. The van der Waals surface area contributed by atoms with Gasteiger partial charge < -0.3 is 5.73 Å². The molecule has 1 unspecified atom stereocenters. The number of sulfonamides is 1. The maximum Gasteiger partial charge on any atom is 0.243 e. The molecule has 2 rings (SSSR count). The van der Waals surface area contributed by atoms with Crippen molar-refractivity contribution in [2.45, 2.75) is 45.1 Å². The number of halogens is 1. The van der Waals surface area contributed by atoms with Crippen LogP contribution in [0.25, 0.3) is 0 Å². The first-order chi connectivity index (χ1) is 9.14. The van der Waals surface area contributed by atoms with Crippen molar-refractivity contribution in [2.24, 2.45) is 11.1 Å². The highest BCUT2D eigenvalue weighted by molar-refractivity contribution is 7.89. The maximum atomic E-state index is 12.8. The molecule has 0 amide bonds. The van der Waals surface area contributed by atoms with Crippen molar-refractivity contribution < 1.29 is 8.42 Å². The SMILES string of the molecule is Cc1ccc(S(=O)(=O)N2CCC(N)C(C)(C)C2)c(C)c1.Cl. The summed E-state index contributed by atoms with van der Waals surface area (Å²) in [5.41, 5.74) is 7.77. The van der Waals surface area contributed by atoms with Crippen molar-refractivity contribution in [1.82, 2.24) is 4.31 Å². The van der Waals surface area contributed by atoms with Gasteiger partial charge in [-0.15, -0.1) is 12.4 Å². The number of benzene rings is 1. The third-order valence-electron chi connectivity index (χ3n) is 4.23. The molecule has 0 aromatic heterocycles. The van der Waals surface area contributed by atoms with Crippen LogP contribution in [0.2, 0.25) is 0 Å². The summed E-state index contributed by atoms with van der Waals surface area (Å²) in [4.78, 5) is 0.411. The second-order valence-corrected chi connectivity index (χ2v) is 8.40. The van der Waals surface area contributed by atoms with E-state index < -0.39 is 10.0 Å². The first-order valence-electron chi connectivity index (χ1n) is 6.97. The van der Waals surface area contributed by atoms with Crippen LogP contribution in [-0.4, -0.2) is 31.9 Å². The summed E-state index contributed by atoms with van der Waals surface area (Å²) in [6.45, 7) is 8.85. The highest BCUT2D eigenvalue weighted by Gasteiger charge is 2.39. The average molecular weight is 333 g/mol. The van der Waals surface area contributed by atoms with E-state index in [2.05, 4.69) is 0 Å². The lowest BCUT2D eigenvalue weighted by Gasteiger charge is -2.41. The lowest BCUT2D eigenvalue weighted by Crippen LogP contribution is -2.53. The third-order valence-corrected chi connectivity index (χ3v) is 6.23. The Hall–Kier alpha value is -0.620. The Bertz CT molecular complexity index is 614. The molecule has 2 N–H and O–H groups in total. The van der Waals surface area contributed by atoms with Crippen molar-refractivity contribution in [1.29, 1.82) is 0 Å². The van der Waals surface area contributed by atoms with Gasteiger partial charge in [0, 0.05) is 19.1 Å². The first-order valence-corrected chi connectivity index (χ1v) is 8.41. The minimum absolute atomic E-state index is 0. The van der Waals surface area contributed by atoms with Gasteiger partial charge in [-0.2, -0.15) is 4.31 Å². The standard InChI is InChI=1S/C15H24N2O2S.ClH/c1-11-5-6-13(12(2)9-11)20(18,19)17-8-7-14(16)15(3,4)10-17;/h5-6,9,14H,7-8,10,16H2,1-4H3;1H. The van der Waals surface area contributed by atoms with Gasteiger partial charge >= 0.3 is 0 Å². The second-order valence-electron chi connectivity index (χ2n) is 6.49. The molecule has 0 saturated carbocycles. The van der Waals surface area contributed by atoms with Gasteiger partial charge in [0.2, 0.25) is 10.0 Å². The number of rotatable bonds is 2. The number of hydrogen-bond donors (Lipinski definition) is 1. The van der Waals surface area contributed by atoms with Crippen molar-refractivity contribution >= 4 is 22.4 Å². The molecule has 1 atom stereocenters. The van der Waals surface area contributed by atoms with Crippen molar-refractivity contribution in [3.8, 4) is 0 Å². The lowest BCUT2D eigenvalue weighted by molar-refractivity contribution is 0.155. The van der Waals surface area contributed by atoms with Crippen LogP contribution in [0.3, 0.4) is 0 Å². The Morgan fingerprint density at radius 2 is 1.90 bits per heavy atom. The van der Waals surface area contributed by atoms with Crippen molar-refractivity contribution in [3.63, 3.8) is 0 Å². The zero-order valence-electron chi connectivity index (χ0n) is 13.1. The summed E-state index contributed by atoms with van der Waals surface area (Å²) in [5.74, 6) is 0. The van der Waals surface area contributed by atoms with E-state index in [1.165, 1.54) is 0 Å². The Labute approximate surface area is 134 Å². The number of piperidine rings is 1. The fourth-order valence-corrected chi connectivity index (χ4v) is 4.59. The molecule has 0 bridgehead atoms. The minimum Gasteiger partial charge on any atom is -0.327 e. The maximum absolute atomic E-state index is 12.8. The van der Waals surface area contributed by atoms with E-state index in [0.717, 1.165) is 11.1 Å². The molecule has 0 spiro atoms. The van der Waals surface area contributed by atoms with Crippen LogP contribution in [0.5, 0.6) is 0 Å². The summed E-state index contributed by atoms with van der Waals surface area (Å²) < 4.78 is 27.2. The van der Waals surface area contributed by atoms with Gasteiger partial charge in [0.05, 0.1) is 4.90 Å². The molecular weight excluding hydrogens is 308 g/mol. The molecule has 21 heavy (non-hydrogen) atoms. The van der Waals surface area contributed by atoms with E-state index in [1.54, 1.807) is 10.4 Å². The zero-order chi connectivity index (χ0) is 15.1. The van der Waals surface area contributed by atoms with Gasteiger partial charge in [-0.3, -0.25) is 0 Å². The highest BCUT2D eigenvalue weighted by Crippen LogP contribution is 2.32. The van der Waals surface area contributed by atoms with E-state index in [-0.39, 0.29) is 23.9 Å². The predicted octanol–water partition coefficient (Wildman–Crippen LogP) is 2.47. The van der Waals surface area contributed by atoms with Crippen LogP contribution in [0.1, 0.15) is 31.4 Å². The van der Waals surface area contributed by atoms with E-state index in [1.807, 2.05) is 39.8 Å². The van der Waals surface area contributed by atoms with Gasteiger partial charge in [0.25, 0.3) is 0 Å². The van der Waals surface area contributed by atoms with E-state index in [4.69, 9.17) is 5.73 Å². The van der Waals surface area contributed by atoms with Crippen LogP contribution in [0, 0.1) is 19.3 Å². The molecule has 1 aromatic rings. The smallest absolute Gasteiger partial charge is 0.243 e. The fraction of sp³-hybridized carbons (Fsp3) is 0.600. The van der Waals surface area contributed by atoms with E-state index >= 15 is 0 Å². The topological polar surface area (TPSA) is 63.4 Å². The molecule has 1 aromatic carbocycles. The summed E-state index contributed by atoms with van der Waals surface area (Å²) in [5, 5.41) is 0. The molecule has 1 aliphatic rings. The average Bonchev–Trinajstić information content (AvgIpc) is 2.31. The van der Waals surface area contributed by atoms with Crippen molar-refractivity contribution in [2.75, 3.05) is 13.1 Å². The largest absolute Gasteiger partial charge is 0.327 e. The highest BCUT2D eigenvalue weighted by atomic mass is 35.5. The molecule has 1 fully saturated rings. The molecule has 1 aliphatic heterocycles. The van der Waals surface area contributed by atoms with Gasteiger partial charge in [0.1, 0.15) is 0 Å². The lowest BCUT2D eigenvalue weighted by atomic mass is 9.81. The summed E-state index contributed by atoms with van der Waals surface area (Å²) in [6, 6.07) is 5.52. The van der Waals surface area contributed by atoms with Gasteiger partial charge in [-0.25, -0.2) is 8.42 Å². The van der Waals surface area contributed by atoms with Crippen LogP contribution in [0.4, 0.5) is 0 Å². The molecule has 4 nitrogen and oxygen atoms in total. The Kier molecular flexibility index (Phi) is 5.48. The molecule has 1 saturated heterocycles. The van der Waals surface area contributed by atoms with Gasteiger partial charge in [0.15, 0.2) is 0 Å². The number of nitrogens with two attached hydrogens (primary N) is 1. The van der Waals surface area contributed by atoms with Crippen LogP contribution < -0.4 is 5.73 Å². The van der Waals surface area contributed by atoms with Crippen LogP contribution >= 0.6 is 12.4 Å². The van der Waals surface area contributed by atoms with Crippen LogP contribution in [0.15, 0.2) is 23.1 Å². The predicted molar refractivity (Wildman–Crippen MR) is 88.3 cm³/mol. The molecule has 120 valence electrons. The van der Waals surface area contributed by atoms with Gasteiger partial charge in [-0.05, 0) is 37.3 Å². The quantitative estimate of drug-likeness (QED) is 0.905. The van der Waals surface area contributed by atoms with Crippen LogP contribution in [-0.2, 0) is 10.0 Å². The second kappa shape index (κ2) is 6.24. The molecule has 1 heterocycles.